The third-order valence-electron chi connectivity index (χ3n) is 4.14. The first kappa shape index (κ1) is 14.8. The molecule has 0 heterocycles. The molecule has 1 fully saturated rings. The highest BCUT2D eigenvalue weighted by atomic mass is 19.4. The molecule has 0 aromatic heterocycles. The molecule has 110 valence electrons. The summed E-state index contributed by atoms with van der Waals surface area (Å²) in [6.45, 7) is 4.16. The highest BCUT2D eigenvalue weighted by Gasteiger charge is 2.57. The molecule has 1 aliphatic carbocycles. The highest BCUT2D eigenvalue weighted by molar-refractivity contribution is 5.45. The van der Waals surface area contributed by atoms with Gasteiger partial charge in [-0.1, -0.05) is 13.8 Å². The zero-order valence-corrected chi connectivity index (χ0v) is 11.1. The molecule has 0 unspecified atom stereocenters. The maximum atomic E-state index is 12.8. The van der Waals surface area contributed by atoms with Gasteiger partial charge in [-0.05, 0) is 35.4 Å². The molecule has 7 heteroatoms. The Morgan fingerprint density at radius 3 is 2.35 bits per heavy atom. The van der Waals surface area contributed by atoms with Crippen molar-refractivity contribution in [2.24, 2.45) is 17.1 Å². The number of nitro groups is 1. The molecule has 1 aromatic carbocycles. The molecule has 2 N–H and O–H groups in total. The first-order valence-electron chi connectivity index (χ1n) is 6.15. The number of hydrogen-bond acceptors (Lipinski definition) is 3. The maximum absolute atomic E-state index is 12.8. The van der Waals surface area contributed by atoms with Crippen molar-refractivity contribution >= 4 is 5.69 Å². The zero-order valence-electron chi connectivity index (χ0n) is 11.1. The van der Waals surface area contributed by atoms with E-state index in [2.05, 4.69) is 0 Å². The van der Waals surface area contributed by atoms with Crippen LogP contribution in [0.4, 0.5) is 18.9 Å². The predicted octanol–water partition coefficient (Wildman–Crippen LogP) is 3.31. The predicted molar refractivity (Wildman–Crippen MR) is 67.2 cm³/mol. The number of nitro benzene ring substituents is 1. The summed E-state index contributed by atoms with van der Waals surface area (Å²) in [5.41, 5.74) is 4.19. The Morgan fingerprint density at radius 1 is 1.35 bits per heavy atom. The van der Waals surface area contributed by atoms with Gasteiger partial charge in [0.25, 0.3) is 5.69 Å². The first-order valence-corrected chi connectivity index (χ1v) is 6.15. The van der Waals surface area contributed by atoms with Gasteiger partial charge in [-0.15, -0.1) is 0 Å². The van der Waals surface area contributed by atoms with E-state index in [1.165, 1.54) is 6.07 Å². The van der Waals surface area contributed by atoms with Crippen molar-refractivity contribution in [3.8, 4) is 0 Å². The van der Waals surface area contributed by atoms with Crippen LogP contribution in [0.25, 0.3) is 0 Å². The minimum absolute atomic E-state index is 0.0468. The van der Waals surface area contributed by atoms with Crippen LogP contribution in [0.5, 0.6) is 0 Å². The largest absolute Gasteiger partial charge is 0.416 e. The lowest BCUT2D eigenvalue weighted by Crippen LogP contribution is -2.07. The van der Waals surface area contributed by atoms with Gasteiger partial charge < -0.3 is 5.73 Å². The lowest BCUT2D eigenvalue weighted by Gasteiger charge is -2.10. The topological polar surface area (TPSA) is 69.2 Å². The number of nitrogens with zero attached hydrogens (tertiary/aromatic N) is 1. The van der Waals surface area contributed by atoms with E-state index in [1.807, 2.05) is 13.8 Å². The maximum Gasteiger partial charge on any atom is 0.416 e. The third-order valence-corrected chi connectivity index (χ3v) is 4.14. The van der Waals surface area contributed by atoms with E-state index in [0.29, 0.717) is 18.2 Å². The molecule has 0 saturated heterocycles. The van der Waals surface area contributed by atoms with Crippen LogP contribution in [-0.4, -0.2) is 11.5 Å². The summed E-state index contributed by atoms with van der Waals surface area (Å²) in [6.07, 6.45) is -4.60. The number of benzene rings is 1. The first-order chi connectivity index (χ1) is 9.09. The van der Waals surface area contributed by atoms with E-state index in [1.54, 1.807) is 0 Å². The molecule has 4 nitrogen and oxygen atoms in total. The second-order valence-electron chi connectivity index (χ2n) is 5.71. The van der Waals surface area contributed by atoms with Crippen LogP contribution in [-0.2, 0) is 6.18 Å². The van der Waals surface area contributed by atoms with Gasteiger partial charge in [0, 0.05) is 12.1 Å². The summed E-state index contributed by atoms with van der Waals surface area (Å²) in [6, 6.07) is 2.78. The summed E-state index contributed by atoms with van der Waals surface area (Å²) >= 11 is 0. The third kappa shape index (κ3) is 2.37. The van der Waals surface area contributed by atoms with Gasteiger partial charge in [-0.2, -0.15) is 13.2 Å². The molecule has 2 atom stereocenters. The van der Waals surface area contributed by atoms with Crippen molar-refractivity contribution in [2.75, 3.05) is 6.54 Å². The molecule has 1 saturated carbocycles. The van der Waals surface area contributed by atoms with E-state index < -0.39 is 22.4 Å². The zero-order chi connectivity index (χ0) is 15.3. The summed E-state index contributed by atoms with van der Waals surface area (Å²) in [4.78, 5) is 10.0. The lowest BCUT2D eigenvalue weighted by molar-refractivity contribution is -0.385. The van der Waals surface area contributed by atoms with E-state index in [-0.39, 0.29) is 17.3 Å². The molecule has 1 aromatic rings. The van der Waals surface area contributed by atoms with Crippen molar-refractivity contribution < 1.29 is 18.1 Å². The Kier molecular flexibility index (Phi) is 3.28. The van der Waals surface area contributed by atoms with E-state index in [4.69, 9.17) is 5.73 Å². The number of rotatable bonds is 3. The van der Waals surface area contributed by atoms with Crippen LogP contribution < -0.4 is 5.73 Å². The standard InChI is InChI=1S/C13H15F3N2O2/c1-12(2)10(6-17)11(12)7-3-8(13(14,15)16)5-9(4-7)18(19)20/h3-5,10-11H,6,17H2,1-2H3/t10-,11-/m0/s1. The second kappa shape index (κ2) is 4.44. The number of hydrogen-bond donors (Lipinski definition) is 1. The minimum atomic E-state index is -4.60. The molecular weight excluding hydrogens is 273 g/mol. The van der Waals surface area contributed by atoms with Gasteiger partial charge in [0.05, 0.1) is 10.5 Å². The fourth-order valence-electron chi connectivity index (χ4n) is 2.93. The Balaban J connectivity index is 2.49. The van der Waals surface area contributed by atoms with Crippen molar-refractivity contribution in [3.05, 3.63) is 39.4 Å². The van der Waals surface area contributed by atoms with Crippen molar-refractivity contribution in [3.63, 3.8) is 0 Å². The number of non-ortho nitro benzene ring substituents is 1. The van der Waals surface area contributed by atoms with Crippen molar-refractivity contribution in [1.29, 1.82) is 0 Å². The van der Waals surface area contributed by atoms with Gasteiger partial charge in [0.2, 0.25) is 0 Å². The molecule has 1 aliphatic rings. The van der Waals surface area contributed by atoms with Crippen molar-refractivity contribution in [1.82, 2.24) is 0 Å². The van der Waals surface area contributed by atoms with Crippen LogP contribution in [0, 0.1) is 21.4 Å². The lowest BCUT2D eigenvalue weighted by atomic mass is 10.00. The fourth-order valence-corrected chi connectivity index (χ4v) is 2.93. The number of nitrogens with two attached hydrogens (primary N) is 1. The van der Waals surface area contributed by atoms with Gasteiger partial charge in [0.1, 0.15) is 0 Å². The summed E-state index contributed by atoms with van der Waals surface area (Å²) in [5, 5.41) is 10.8. The fraction of sp³-hybridized carbons (Fsp3) is 0.538. The Labute approximate surface area is 113 Å². The molecular formula is C13H15F3N2O2. The Bertz CT molecular complexity index is 555. The van der Waals surface area contributed by atoms with Gasteiger partial charge in [0.15, 0.2) is 0 Å². The quantitative estimate of drug-likeness (QED) is 0.685. The minimum Gasteiger partial charge on any atom is -0.330 e. The van der Waals surface area contributed by atoms with Crippen LogP contribution in [0.2, 0.25) is 0 Å². The van der Waals surface area contributed by atoms with E-state index in [0.717, 1.165) is 6.07 Å². The van der Waals surface area contributed by atoms with Gasteiger partial charge in [-0.3, -0.25) is 10.1 Å². The average Bonchev–Trinajstić information content (AvgIpc) is 2.89. The second-order valence-corrected chi connectivity index (χ2v) is 5.71. The summed E-state index contributed by atoms with van der Waals surface area (Å²) in [5.74, 6) is -0.126. The molecule has 0 bridgehead atoms. The van der Waals surface area contributed by atoms with Gasteiger partial charge in [-0.25, -0.2) is 0 Å². The SMILES string of the molecule is CC1(C)[C@@H](CN)[C@@H]1c1cc([N+](=O)[O-])cc(C(F)(F)F)c1. The van der Waals surface area contributed by atoms with Crippen LogP contribution in [0.15, 0.2) is 18.2 Å². The summed E-state index contributed by atoms with van der Waals surface area (Å²) in [7, 11) is 0. The molecule has 20 heavy (non-hydrogen) atoms. The van der Waals surface area contributed by atoms with Crippen LogP contribution in [0.3, 0.4) is 0 Å². The molecule has 0 radical (unpaired) electrons. The smallest absolute Gasteiger partial charge is 0.330 e. The summed E-state index contributed by atoms with van der Waals surface area (Å²) < 4.78 is 38.5. The molecule has 2 rings (SSSR count). The van der Waals surface area contributed by atoms with Gasteiger partial charge >= 0.3 is 6.18 Å². The normalized spacial score (nSPS) is 24.5. The number of halogens is 3. The Morgan fingerprint density at radius 2 is 1.95 bits per heavy atom. The number of alkyl halides is 3. The molecule has 0 amide bonds. The highest BCUT2D eigenvalue weighted by Crippen LogP contribution is 2.64. The van der Waals surface area contributed by atoms with Crippen LogP contribution >= 0.6 is 0 Å². The average molecular weight is 288 g/mol. The Hall–Kier alpha value is -1.63. The van der Waals surface area contributed by atoms with E-state index in [9.17, 15) is 23.3 Å². The van der Waals surface area contributed by atoms with Crippen molar-refractivity contribution in [2.45, 2.75) is 25.9 Å². The molecule has 0 aliphatic heterocycles. The monoisotopic (exact) mass is 288 g/mol. The molecule has 0 spiro atoms. The van der Waals surface area contributed by atoms with E-state index >= 15 is 0 Å². The van der Waals surface area contributed by atoms with Crippen LogP contribution in [0.1, 0.15) is 30.9 Å².